The summed E-state index contributed by atoms with van der Waals surface area (Å²) in [5.74, 6) is 0.679. The van der Waals surface area contributed by atoms with Crippen LogP contribution in [0.2, 0.25) is 0 Å². The lowest BCUT2D eigenvalue weighted by molar-refractivity contribution is -0.0499. The highest BCUT2D eigenvalue weighted by molar-refractivity contribution is 5.31. The SMILES string of the molecule is CCNC(c1cccc(OC(F)F)c1)C1CCOCC1. The molecule has 1 aliphatic rings. The Morgan fingerprint density at radius 3 is 2.75 bits per heavy atom. The zero-order valence-electron chi connectivity index (χ0n) is 11.6. The first-order valence-corrected chi connectivity index (χ1v) is 7.06. The van der Waals surface area contributed by atoms with Crippen molar-refractivity contribution in [2.24, 2.45) is 5.92 Å². The molecule has 0 bridgehead atoms. The number of hydrogen-bond donors (Lipinski definition) is 1. The van der Waals surface area contributed by atoms with Gasteiger partial charge in [0.25, 0.3) is 0 Å². The molecule has 0 amide bonds. The Labute approximate surface area is 118 Å². The molecule has 1 unspecified atom stereocenters. The zero-order chi connectivity index (χ0) is 14.4. The van der Waals surface area contributed by atoms with Gasteiger partial charge in [-0.2, -0.15) is 8.78 Å². The Morgan fingerprint density at radius 2 is 2.10 bits per heavy atom. The summed E-state index contributed by atoms with van der Waals surface area (Å²) >= 11 is 0. The number of benzene rings is 1. The molecule has 3 nitrogen and oxygen atoms in total. The number of alkyl halides is 2. The molecule has 1 N–H and O–H groups in total. The summed E-state index contributed by atoms with van der Waals surface area (Å²) in [6, 6.07) is 7.14. The first-order chi connectivity index (χ1) is 9.70. The Morgan fingerprint density at radius 1 is 1.35 bits per heavy atom. The van der Waals surface area contributed by atoms with Crippen LogP contribution in [0.4, 0.5) is 8.78 Å². The molecule has 0 radical (unpaired) electrons. The van der Waals surface area contributed by atoms with Gasteiger partial charge < -0.3 is 14.8 Å². The van der Waals surface area contributed by atoms with E-state index in [0.717, 1.165) is 38.2 Å². The molecule has 1 atom stereocenters. The minimum Gasteiger partial charge on any atom is -0.435 e. The number of halogens is 2. The first-order valence-electron chi connectivity index (χ1n) is 7.06. The molecule has 1 aromatic rings. The number of rotatable bonds is 6. The summed E-state index contributed by atoms with van der Waals surface area (Å²) in [4.78, 5) is 0. The molecule has 0 spiro atoms. The average Bonchev–Trinajstić information content (AvgIpc) is 2.45. The van der Waals surface area contributed by atoms with Gasteiger partial charge in [0.15, 0.2) is 0 Å². The van der Waals surface area contributed by atoms with E-state index in [2.05, 4.69) is 10.1 Å². The third-order valence-corrected chi connectivity index (χ3v) is 3.60. The van der Waals surface area contributed by atoms with Gasteiger partial charge >= 0.3 is 6.61 Å². The summed E-state index contributed by atoms with van der Waals surface area (Å²) < 4.78 is 34.5. The lowest BCUT2D eigenvalue weighted by Gasteiger charge is -2.31. The monoisotopic (exact) mass is 285 g/mol. The van der Waals surface area contributed by atoms with Crippen molar-refractivity contribution in [3.63, 3.8) is 0 Å². The fourth-order valence-corrected chi connectivity index (χ4v) is 2.71. The highest BCUT2D eigenvalue weighted by atomic mass is 19.3. The molecule has 0 saturated carbocycles. The average molecular weight is 285 g/mol. The molecule has 1 heterocycles. The second-order valence-electron chi connectivity index (χ2n) is 4.94. The van der Waals surface area contributed by atoms with Crippen LogP contribution in [0, 0.1) is 5.92 Å². The predicted molar refractivity (Wildman–Crippen MR) is 73.0 cm³/mol. The molecular weight excluding hydrogens is 264 g/mol. The van der Waals surface area contributed by atoms with Gasteiger partial charge in [-0.15, -0.1) is 0 Å². The first kappa shape index (κ1) is 15.2. The Balaban J connectivity index is 2.15. The van der Waals surface area contributed by atoms with Gasteiger partial charge in [0.05, 0.1) is 0 Å². The van der Waals surface area contributed by atoms with Gasteiger partial charge in [-0.1, -0.05) is 19.1 Å². The molecule has 2 rings (SSSR count). The standard InChI is InChI=1S/C15H21F2NO2/c1-2-18-14(11-6-8-19-9-7-11)12-4-3-5-13(10-12)20-15(16)17/h3-5,10-11,14-15,18H,2,6-9H2,1H3. The van der Waals surface area contributed by atoms with Crippen LogP contribution in [0.25, 0.3) is 0 Å². The van der Waals surface area contributed by atoms with Crippen molar-refractivity contribution >= 4 is 0 Å². The van der Waals surface area contributed by atoms with Crippen LogP contribution in [-0.2, 0) is 4.74 Å². The summed E-state index contributed by atoms with van der Waals surface area (Å²) in [5.41, 5.74) is 0.997. The van der Waals surface area contributed by atoms with Gasteiger partial charge in [0.2, 0.25) is 0 Å². The van der Waals surface area contributed by atoms with E-state index < -0.39 is 6.61 Å². The molecule has 0 aromatic heterocycles. The fourth-order valence-electron chi connectivity index (χ4n) is 2.71. The highest BCUT2D eigenvalue weighted by Crippen LogP contribution is 2.31. The fraction of sp³-hybridized carbons (Fsp3) is 0.600. The maximum absolute atomic E-state index is 12.3. The molecular formula is C15H21F2NO2. The lowest BCUT2D eigenvalue weighted by Crippen LogP contribution is -2.32. The minimum absolute atomic E-state index is 0.158. The third-order valence-electron chi connectivity index (χ3n) is 3.60. The second kappa shape index (κ2) is 7.55. The summed E-state index contributed by atoms with van der Waals surface area (Å²) in [5, 5.41) is 3.45. The van der Waals surface area contributed by atoms with Crippen LogP contribution in [0.5, 0.6) is 5.75 Å². The second-order valence-corrected chi connectivity index (χ2v) is 4.94. The van der Waals surface area contributed by atoms with Gasteiger partial charge in [-0.3, -0.25) is 0 Å². The number of hydrogen-bond acceptors (Lipinski definition) is 3. The number of nitrogens with one attached hydrogen (secondary N) is 1. The van der Waals surface area contributed by atoms with Crippen molar-refractivity contribution in [2.75, 3.05) is 19.8 Å². The van der Waals surface area contributed by atoms with E-state index in [0.29, 0.717) is 5.92 Å². The maximum Gasteiger partial charge on any atom is 0.387 e. The van der Waals surface area contributed by atoms with Crippen LogP contribution in [0.3, 0.4) is 0 Å². The van der Waals surface area contributed by atoms with Gasteiger partial charge in [-0.05, 0) is 43.0 Å². The lowest BCUT2D eigenvalue weighted by atomic mass is 9.87. The van der Waals surface area contributed by atoms with E-state index in [1.54, 1.807) is 18.2 Å². The van der Waals surface area contributed by atoms with Crippen LogP contribution >= 0.6 is 0 Å². The molecule has 112 valence electrons. The van der Waals surface area contributed by atoms with Crippen LogP contribution < -0.4 is 10.1 Å². The van der Waals surface area contributed by atoms with Crippen molar-refractivity contribution in [1.29, 1.82) is 0 Å². The van der Waals surface area contributed by atoms with Crippen LogP contribution in [0.1, 0.15) is 31.4 Å². The van der Waals surface area contributed by atoms with Crippen LogP contribution in [0.15, 0.2) is 24.3 Å². The van der Waals surface area contributed by atoms with Gasteiger partial charge in [0, 0.05) is 19.3 Å². The molecule has 0 aliphatic carbocycles. The van der Waals surface area contributed by atoms with E-state index in [9.17, 15) is 8.78 Å². The normalized spacial score (nSPS) is 18.2. The Bertz CT molecular complexity index is 409. The largest absolute Gasteiger partial charge is 0.435 e. The minimum atomic E-state index is -2.79. The van der Waals surface area contributed by atoms with Crippen LogP contribution in [-0.4, -0.2) is 26.4 Å². The van der Waals surface area contributed by atoms with Crippen molar-refractivity contribution in [1.82, 2.24) is 5.32 Å². The quantitative estimate of drug-likeness (QED) is 0.869. The van der Waals surface area contributed by atoms with E-state index in [1.165, 1.54) is 0 Å². The van der Waals surface area contributed by atoms with E-state index >= 15 is 0 Å². The van der Waals surface area contributed by atoms with Crippen molar-refractivity contribution in [3.05, 3.63) is 29.8 Å². The smallest absolute Gasteiger partial charge is 0.387 e. The third kappa shape index (κ3) is 4.15. The summed E-state index contributed by atoms with van der Waals surface area (Å²) in [6.07, 6.45) is 1.97. The molecule has 1 saturated heterocycles. The molecule has 1 aliphatic heterocycles. The Hall–Kier alpha value is -1.20. The highest BCUT2D eigenvalue weighted by Gasteiger charge is 2.25. The van der Waals surface area contributed by atoms with E-state index in [1.807, 2.05) is 13.0 Å². The zero-order valence-corrected chi connectivity index (χ0v) is 11.6. The summed E-state index contributed by atoms with van der Waals surface area (Å²) in [6.45, 7) is 1.62. The molecule has 20 heavy (non-hydrogen) atoms. The van der Waals surface area contributed by atoms with E-state index in [4.69, 9.17) is 4.74 Å². The van der Waals surface area contributed by atoms with Crippen molar-refractivity contribution in [3.8, 4) is 5.75 Å². The predicted octanol–water partition coefficient (Wildman–Crippen LogP) is 3.37. The molecule has 1 aromatic carbocycles. The van der Waals surface area contributed by atoms with Gasteiger partial charge in [-0.25, -0.2) is 0 Å². The maximum atomic E-state index is 12.3. The van der Waals surface area contributed by atoms with Gasteiger partial charge in [0.1, 0.15) is 5.75 Å². The number of ether oxygens (including phenoxy) is 2. The summed E-state index contributed by atoms with van der Waals surface area (Å²) in [7, 11) is 0. The Kier molecular flexibility index (Phi) is 5.73. The van der Waals surface area contributed by atoms with Crippen molar-refractivity contribution in [2.45, 2.75) is 32.4 Å². The van der Waals surface area contributed by atoms with E-state index in [-0.39, 0.29) is 11.8 Å². The van der Waals surface area contributed by atoms with Crippen molar-refractivity contribution < 1.29 is 18.3 Å². The molecule has 1 fully saturated rings. The molecule has 5 heteroatoms. The topological polar surface area (TPSA) is 30.5 Å².